The maximum Gasteiger partial charge on any atom is 0.208 e. The number of aromatic nitrogens is 6. The van der Waals surface area contributed by atoms with Crippen molar-refractivity contribution < 1.29 is 4.39 Å². The van der Waals surface area contributed by atoms with E-state index in [1.54, 1.807) is 12.3 Å². The van der Waals surface area contributed by atoms with Crippen LogP contribution in [-0.4, -0.2) is 73.0 Å². The zero-order valence-corrected chi connectivity index (χ0v) is 30.7. The Morgan fingerprint density at radius 3 is 2.56 bits per heavy atom. The van der Waals surface area contributed by atoms with Gasteiger partial charge in [0.25, 0.3) is 0 Å². The number of halogens is 1. The number of aryl methyl sites for hydroxylation is 2. The second kappa shape index (κ2) is 14.2. The lowest BCUT2D eigenvalue weighted by Crippen LogP contribution is -2.52. The average Bonchev–Trinajstić information content (AvgIpc) is 3.67. The molecular formula is C41H49FN10. The van der Waals surface area contributed by atoms with Crippen LogP contribution in [0.4, 0.5) is 21.7 Å². The highest BCUT2D eigenvalue weighted by Gasteiger charge is 2.30. The minimum absolute atomic E-state index is 0.283. The van der Waals surface area contributed by atoms with Gasteiger partial charge in [0.05, 0.1) is 41.0 Å². The molecule has 0 aliphatic carbocycles. The summed E-state index contributed by atoms with van der Waals surface area (Å²) in [6.45, 7) is 18.8. The van der Waals surface area contributed by atoms with Crippen molar-refractivity contribution in [2.45, 2.75) is 65.0 Å². The number of nitrogens with one attached hydrogen (secondary N) is 1. The number of rotatable bonds is 3. The Morgan fingerprint density at radius 2 is 1.75 bits per heavy atom. The monoisotopic (exact) mass is 700 g/mol. The molecule has 0 radical (unpaired) electrons. The van der Waals surface area contributed by atoms with Crippen LogP contribution < -0.4 is 15.1 Å². The molecule has 2 saturated heterocycles. The number of piperazine rings is 1. The maximum absolute atomic E-state index is 13.8. The van der Waals surface area contributed by atoms with E-state index in [9.17, 15) is 4.39 Å². The molecule has 0 unspecified atom stereocenters. The van der Waals surface area contributed by atoms with Crippen LogP contribution in [0.3, 0.4) is 0 Å². The molecule has 3 aliphatic rings. The van der Waals surface area contributed by atoms with Crippen molar-refractivity contribution in [2.75, 3.05) is 47.8 Å². The number of pyridine rings is 2. The second-order valence-electron chi connectivity index (χ2n) is 15.0. The van der Waals surface area contributed by atoms with Gasteiger partial charge in [-0.25, -0.2) is 9.37 Å². The Balaban J connectivity index is 1.02. The van der Waals surface area contributed by atoms with Gasteiger partial charge in [-0.3, -0.25) is 19.5 Å². The first-order valence-corrected chi connectivity index (χ1v) is 18.7. The standard InChI is InChI=1S/C41H49FN10/c1-27-8-6-7-9-39-36(24-44-48(39)5)38-19-31(18-28(2)45-38)30(4)46-41-47-37-11-10-34(21-40(37)52(41)25-27)51-17-16-50(26-29(51)3)33-12-14-49(15-13-33)35-20-32(42)22-43-23-35/h10-11,18-24,27,33H,3-4,6-9,12-17,25-26H2,1-2,5H3,(H,46,47)/t27-/m1/s1. The van der Waals surface area contributed by atoms with E-state index in [1.165, 1.54) is 11.9 Å². The number of benzene rings is 1. The molecule has 3 aliphatic heterocycles. The van der Waals surface area contributed by atoms with Crippen LogP contribution in [0.2, 0.25) is 0 Å². The van der Waals surface area contributed by atoms with E-state index in [-0.39, 0.29) is 5.82 Å². The van der Waals surface area contributed by atoms with Crippen LogP contribution in [0.25, 0.3) is 28.0 Å². The maximum atomic E-state index is 13.8. The highest BCUT2D eigenvalue weighted by molar-refractivity contribution is 5.86. The number of imidazole rings is 1. The normalized spacial score (nSPS) is 19.6. The van der Waals surface area contributed by atoms with Crippen LogP contribution >= 0.6 is 0 Å². The summed E-state index contributed by atoms with van der Waals surface area (Å²) in [6.07, 6.45) is 11.4. The molecule has 0 saturated carbocycles. The molecule has 2 bridgehead atoms. The molecule has 10 nitrogen and oxygen atoms in total. The van der Waals surface area contributed by atoms with Crippen molar-refractivity contribution >= 4 is 34.1 Å². The van der Waals surface area contributed by atoms with E-state index >= 15 is 0 Å². The van der Waals surface area contributed by atoms with E-state index < -0.39 is 0 Å². The summed E-state index contributed by atoms with van der Waals surface area (Å²) in [6, 6.07) is 12.9. The lowest BCUT2D eigenvalue weighted by molar-refractivity contribution is 0.174. The third-order valence-electron chi connectivity index (χ3n) is 11.2. The van der Waals surface area contributed by atoms with Gasteiger partial charge in [0, 0.05) is 98.0 Å². The minimum Gasteiger partial charge on any atom is -0.370 e. The molecule has 1 atom stereocenters. The molecule has 52 heavy (non-hydrogen) atoms. The summed E-state index contributed by atoms with van der Waals surface area (Å²) in [5.41, 5.74) is 11.2. The Labute approximate surface area is 305 Å². The van der Waals surface area contributed by atoms with Gasteiger partial charge in [-0.15, -0.1) is 0 Å². The zero-order chi connectivity index (χ0) is 35.9. The quantitative estimate of drug-likeness (QED) is 0.208. The fourth-order valence-electron chi connectivity index (χ4n) is 8.38. The fourth-order valence-corrected chi connectivity index (χ4v) is 8.38. The molecule has 0 amide bonds. The zero-order valence-electron chi connectivity index (χ0n) is 30.7. The number of nitrogens with zero attached hydrogens (tertiary/aromatic N) is 9. The van der Waals surface area contributed by atoms with Gasteiger partial charge in [-0.05, 0) is 75.3 Å². The fraction of sp³-hybridized carbons (Fsp3) is 0.415. The SMILES string of the molecule is C=C1Nc2nc3ccc(N4CCN(C5CCN(c6cncc(F)c6)CC5)CC4=C)cc3n2C[C@H](C)CCCCc2c(cnn2C)-c2cc1cc(C)n2. The average molecular weight is 701 g/mol. The largest absolute Gasteiger partial charge is 0.370 e. The van der Waals surface area contributed by atoms with Gasteiger partial charge in [0.2, 0.25) is 5.95 Å². The number of hydrogen-bond donors (Lipinski definition) is 1. The molecule has 2 fully saturated rings. The van der Waals surface area contributed by atoms with Crippen molar-refractivity contribution in [3.8, 4) is 11.3 Å². The summed E-state index contributed by atoms with van der Waals surface area (Å²) in [4.78, 5) is 21.3. The van der Waals surface area contributed by atoms with Crippen LogP contribution in [0.15, 0.2) is 73.8 Å². The van der Waals surface area contributed by atoms with Crippen LogP contribution in [0.5, 0.6) is 0 Å². The molecule has 1 aromatic carbocycles. The summed E-state index contributed by atoms with van der Waals surface area (Å²) >= 11 is 0. The lowest BCUT2D eigenvalue weighted by Gasteiger charge is -2.44. The summed E-state index contributed by atoms with van der Waals surface area (Å²) in [7, 11) is 2.03. The van der Waals surface area contributed by atoms with E-state index in [4.69, 9.17) is 9.97 Å². The van der Waals surface area contributed by atoms with Crippen LogP contribution in [0, 0.1) is 18.7 Å². The van der Waals surface area contributed by atoms with Crippen molar-refractivity contribution in [2.24, 2.45) is 13.0 Å². The van der Waals surface area contributed by atoms with Gasteiger partial charge in [-0.2, -0.15) is 5.10 Å². The molecule has 1 N–H and O–H groups in total. The van der Waals surface area contributed by atoms with E-state index in [0.717, 1.165) is 140 Å². The third kappa shape index (κ3) is 6.81. The molecule has 4 aromatic heterocycles. The molecule has 7 heterocycles. The lowest BCUT2D eigenvalue weighted by atomic mass is 10.0. The Hall–Kier alpha value is -5.03. The predicted octanol–water partition coefficient (Wildman–Crippen LogP) is 7.42. The first-order valence-electron chi connectivity index (χ1n) is 18.7. The predicted molar refractivity (Wildman–Crippen MR) is 208 cm³/mol. The Bertz CT molecular complexity index is 2120. The second-order valence-corrected chi connectivity index (χ2v) is 15.0. The first kappa shape index (κ1) is 34.1. The Kier molecular flexibility index (Phi) is 9.29. The molecule has 11 heteroatoms. The first-order chi connectivity index (χ1) is 25.2. The smallest absolute Gasteiger partial charge is 0.208 e. The minimum atomic E-state index is -0.283. The Morgan fingerprint density at radius 1 is 0.904 bits per heavy atom. The van der Waals surface area contributed by atoms with Gasteiger partial charge in [0.1, 0.15) is 5.82 Å². The van der Waals surface area contributed by atoms with E-state index in [1.807, 2.05) is 24.9 Å². The van der Waals surface area contributed by atoms with E-state index in [0.29, 0.717) is 12.0 Å². The van der Waals surface area contributed by atoms with Crippen molar-refractivity contribution in [1.82, 2.24) is 34.2 Å². The van der Waals surface area contributed by atoms with Crippen LogP contribution in [-0.2, 0) is 20.0 Å². The summed E-state index contributed by atoms with van der Waals surface area (Å²) in [5, 5.41) is 8.22. The van der Waals surface area contributed by atoms with Crippen molar-refractivity contribution in [1.29, 1.82) is 0 Å². The molecule has 270 valence electrons. The van der Waals surface area contributed by atoms with Gasteiger partial charge < -0.3 is 19.7 Å². The highest BCUT2D eigenvalue weighted by atomic mass is 19.1. The van der Waals surface area contributed by atoms with Gasteiger partial charge in [0.15, 0.2) is 0 Å². The van der Waals surface area contributed by atoms with Gasteiger partial charge >= 0.3 is 0 Å². The molecule has 5 aromatic rings. The van der Waals surface area contributed by atoms with E-state index in [2.05, 4.69) is 85.1 Å². The van der Waals surface area contributed by atoms with Crippen molar-refractivity contribution in [3.05, 3.63) is 96.6 Å². The molecular weight excluding hydrogens is 652 g/mol. The molecule has 8 rings (SSSR count). The van der Waals surface area contributed by atoms with Crippen LogP contribution in [0.1, 0.15) is 56.0 Å². The third-order valence-corrected chi connectivity index (χ3v) is 11.2. The highest BCUT2D eigenvalue weighted by Crippen LogP contribution is 2.33. The summed E-state index contributed by atoms with van der Waals surface area (Å²) in [5.74, 6) is 0.980. The topological polar surface area (TPSA) is 83.2 Å². The number of anilines is 3. The van der Waals surface area contributed by atoms with Crippen molar-refractivity contribution in [3.63, 3.8) is 0 Å². The van der Waals surface area contributed by atoms with Gasteiger partial charge in [-0.1, -0.05) is 26.5 Å². The number of piperidine rings is 1. The summed E-state index contributed by atoms with van der Waals surface area (Å²) < 4.78 is 18.1. The molecule has 0 spiro atoms. The number of hydrogen-bond acceptors (Lipinski definition) is 8. The number of fused-ring (bicyclic) bond motifs is 7.